The maximum atomic E-state index is 12.0. The van der Waals surface area contributed by atoms with E-state index in [0.29, 0.717) is 19.0 Å². The first-order valence-electron chi connectivity index (χ1n) is 7.08. The van der Waals surface area contributed by atoms with Crippen LogP contribution in [-0.2, 0) is 9.59 Å². The molecule has 1 atom stereocenters. The van der Waals surface area contributed by atoms with Gasteiger partial charge in [-0.05, 0) is 5.92 Å². The van der Waals surface area contributed by atoms with Crippen molar-refractivity contribution in [2.24, 2.45) is 11.7 Å². The molecule has 1 saturated heterocycles. The van der Waals surface area contributed by atoms with Gasteiger partial charge in [0.25, 0.3) is 0 Å². The molecule has 1 aliphatic rings. The van der Waals surface area contributed by atoms with E-state index in [0.717, 1.165) is 19.6 Å². The summed E-state index contributed by atoms with van der Waals surface area (Å²) in [7, 11) is 0. The van der Waals surface area contributed by atoms with Gasteiger partial charge in [-0.1, -0.05) is 13.8 Å². The van der Waals surface area contributed by atoms with Crippen molar-refractivity contribution in [3.8, 4) is 0 Å². The van der Waals surface area contributed by atoms with Crippen molar-refractivity contribution in [1.82, 2.24) is 15.1 Å². The number of urea groups is 1. The van der Waals surface area contributed by atoms with Crippen molar-refractivity contribution >= 4 is 17.9 Å². The number of carboxylic acids is 1. The average molecular weight is 300 g/mol. The number of nitrogens with two attached hydrogens (primary N) is 1. The van der Waals surface area contributed by atoms with Crippen LogP contribution in [0.1, 0.15) is 20.3 Å². The number of carbonyl (C=O) groups is 3. The lowest BCUT2D eigenvalue weighted by molar-refractivity contribution is -0.141. The molecule has 120 valence electrons. The number of hydrogen-bond acceptors (Lipinski definition) is 4. The summed E-state index contributed by atoms with van der Waals surface area (Å²) in [6, 6.07) is -1.74. The standard InChI is InChI=1S/C13H24N4O4/c1-9(2)8-16-3-5-17(6-4-16)13(21)15-10(12(19)20)7-11(14)18/h9-10H,3-8H2,1-2H3,(H2,14,18)(H,15,21)(H,19,20)/t10-/m1/s1. The molecule has 0 aromatic carbocycles. The highest BCUT2D eigenvalue weighted by Crippen LogP contribution is 2.06. The molecule has 1 heterocycles. The van der Waals surface area contributed by atoms with Crippen molar-refractivity contribution in [3.63, 3.8) is 0 Å². The molecule has 4 N–H and O–H groups in total. The molecule has 1 aliphatic heterocycles. The van der Waals surface area contributed by atoms with E-state index in [-0.39, 0.29) is 0 Å². The molecule has 0 spiro atoms. The van der Waals surface area contributed by atoms with Gasteiger partial charge in [0.2, 0.25) is 5.91 Å². The third kappa shape index (κ3) is 5.99. The van der Waals surface area contributed by atoms with E-state index in [1.165, 1.54) is 0 Å². The first kappa shape index (κ1) is 17.2. The summed E-state index contributed by atoms with van der Waals surface area (Å²) < 4.78 is 0. The monoisotopic (exact) mass is 300 g/mol. The van der Waals surface area contributed by atoms with Crippen LogP contribution in [0.2, 0.25) is 0 Å². The Morgan fingerprint density at radius 1 is 1.19 bits per heavy atom. The number of rotatable bonds is 6. The molecule has 0 aliphatic carbocycles. The molecule has 8 nitrogen and oxygen atoms in total. The zero-order valence-electron chi connectivity index (χ0n) is 12.5. The molecule has 1 fully saturated rings. The van der Waals surface area contributed by atoms with Crippen LogP contribution in [0.25, 0.3) is 0 Å². The summed E-state index contributed by atoms with van der Waals surface area (Å²) in [5.74, 6) is -1.46. The lowest BCUT2D eigenvalue weighted by Crippen LogP contribution is -2.55. The number of piperazine rings is 1. The minimum Gasteiger partial charge on any atom is -0.480 e. The minimum atomic E-state index is -1.27. The number of carbonyl (C=O) groups excluding carboxylic acids is 2. The Bertz CT molecular complexity index is 392. The highest BCUT2D eigenvalue weighted by Gasteiger charge is 2.27. The van der Waals surface area contributed by atoms with Crippen LogP contribution in [0.3, 0.4) is 0 Å². The number of primary amides is 1. The van der Waals surface area contributed by atoms with E-state index in [2.05, 4.69) is 24.1 Å². The van der Waals surface area contributed by atoms with Crippen LogP contribution in [0.15, 0.2) is 0 Å². The van der Waals surface area contributed by atoms with Gasteiger partial charge in [-0.2, -0.15) is 0 Å². The number of aliphatic carboxylic acids is 1. The quantitative estimate of drug-likeness (QED) is 0.600. The molecule has 0 aromatic heterocycles. The van der Waals surface area contributed by atoms with Crippen LogP contribution in [0.5, 0.6) is 0 Å². The summed E-state index contributed by atoms with van der Waals surface area (Å²) in [5, 5.41) is 11.3. The van der Waals surface area contributed by atoms with Gasteiger partial charge in [-0.25, -0.2) is 9.59 Å². The Hall–Kier alpha value is -1.83. The summed E-state index contributed by atoms with van der Waals surface area (Å²) in [5.41, 5.74) is 4.98. The van der Waals surface area contributed by atoms with E-state index >= 15 is 0 Å². The molecular weight excluding hydrogens is 276 g/mol. The molecule has 0 saturated carbocycles. The van der Waals surface area contributed by atoms with Crippen LogP contribution in [0, 0.1) is 5.92 Å². The van der Waals surface area contributed by atoms with E-state index < -0.39 is 30.4 Å². The molecule has 3 amide bonds. The number of nitrogens with one attached hydrogen (secondary N) is 1. The second-order valence-corrected chi connectivity index (χ2v) is 5.69. The molecule has 0 aromatic rings. The van der Waals surface area contributed by atoms with Crippen LogP contribution in [0.4, 0.5) is 4.79 Å². The van der Waals surface area contributed by atoms with E-state index in [9.17, 15) is 14.4 Å². The van der Waals surface area contributed by atoms with Gasteiger partial charge in [-0.3, -0.25) is 9.69 Å². The van der Waals surface area contributed by atoms with Crippen LogP contribution >= 0.6 is 0 Å². The zero-order valence-corrected chi connectivity index (χ0v) is 12.5. The highest BCUT2D eigenvalue weighted by atomic mass is 16.4. The lowest BCUT2D eigenvalue weighted by atomic mass is 10.2. The molecule has 0 radical (unpaired) electrons. The molecule has 1 rings (SSSR count). The smallest absolute Gasteiger partial charge is 0.326 e. The molecule has 0 bridgehead atoms. The normalized spacial score (nSPS) is 17.6. The Balaban J connectivity index is 2.45. The number of nitrogens with zero attached hydrogens (tertiary/aromatic N) is 2. The summed E-state index contributed by atoms with van der Waals surface area (Å²) >= 11 is 0. The van der Waals surface area contributed by atoms with Gasteiger partial charge < -0.3 is 21.1 Å². The number of amides is 3. The minimum absolute atomic E-state index is 0.408. The summed E-state index contributed by atoms with van der Waals surface area (Å²) in [6.45, 7) is 7.87. The fraction of sp³-hybridized carbons (Fsp3) is 0.769. The second-order valence-electron chi connectivity index (χ2n) is 5.69. The maximum absolute atomic E-state index is 12.0. The van der Waals surface area contributed by atoms with Crippen LogP contribution in [-0.4, -0.2) is 71.6 Å². The molecule has 0 unspecified atom stereocenters. The highest BCUT2D eigenvalue weighted by molar-refractivity contribution is 5.87. The fourth-order valence-electron chi connectivity index (χ4n) is 2.29. The largest absolute Gasteiger partial charge is 0.480 e. The maximum Gasteiger partial charge on any atom is 0.326 e. The predicted molar refractivity (Wildman–Crippen MR) is 76.6 cm³/mol. The third-order valence-electron chi connectivity index (χ3n) is 3.28. The Kier molecular flexibility index (Phi) is 6.41. The Morgan fingerprint density at radius 2 is 1.76 bits per heavy atom. The molecule has 21 heavy (non-hydrogen) atoms. The van der Waals surface area contributed by atoms with E-state index in [4.69, 9.17) is 10.8 Å². The van der Waals surface area contributed by atoms with Crippen molar-refractivity contribution in [2.75, 3.05) is 32.7 Å². The van der Waals surface area contributed by atoms with Gasteiger partial charge >= 0.3 is 12.0 Å². The SMILES string of the molecule is CC(C)CN1CCN(C(=O)N[C@H](CC(N)=O)C(=O)O)CC1. The van der Waals surface area contributed by atoms with Gasteiger partial charge in [0.1, 0.15) is 6.04 Å². The van der Waals surface area contributed by atoms with Gasteiger partial charge in [-0.15, -0.1) is 0 Å². The fourth-order valence-corrected chi connectivity index (χ4v) is 2.29. The summed E-state index contributed by atoms with van der Waals surface area (Å²) in [6.07, 6.45) is -0.408. The average Bonchev–Trinajstić information content (AvgIpc) is 2.37. The van der Waals surface area contributed by atoms with Gasteiger partial charge in [0, 0.05) is 32.7 Å². The van der Waals surface area contributed by atoms with Crippen molar-refractivity contribution in [1.29, 1.82) is 0 Å². The molecule has 8 heteroatoms. The van der Waals surface area contributed by atoms with Gasteiger partial charge in [0.15, 0.2) is 0 Å². The Labute approximate surface area is 124 Å². The molecular formula is C13H24N4O4. The first-order valence-corrected chi connectivity index (χ1v) is 7.08. The third-order valence-corrected chi connectivity index (χ3v) is 3.28. The van der Waals surface area contributed by atoms with E-state index in [1.54, 1.807) is 4.90 Å². The summed E-state index contributed by atoms with van der Waals surface area (Å²) in [4.78, 5) is 37.6. The van der Waals surface area contributed by atoms with Crippen molar-refractivity contribution < 1.29 is 19.5 Å². The zero-order chi connectivity index (χ0) is 16.0. The predicted octanol–water partition coefficient (Wildman–Crippen LogP) is -0.702. The number of hydrogen-bond donors (Lipinski definition) is 3. The van der Waals surface area contributed by atoms with Crippen molar-refractivity contribution in [3.05, 3.63) is 0 Å². The van der Waals surface area contributed by atoms with Crippen LogP contribution < -0.4 is 11.1 Å². The number of carboxylic acid groups (broad SMARTS) is 1. The van der Waals surface area contributed by atoms with Gasteiger partial charge in [0.05, 0.1) is 6.42 Å². The lowest BCUT2D eigenvalue weighted by Gasteiger charge is -2.35. The first-order chi connectivity index (χ1) is 9.79. The topological polar surface area (TPSA) is 116 Å². The Morgan fingerprint density at radius 3 is 2.19 bits per heavy atom. The van der Waals surface area contributed by atoms with E-state index in [1.807, 2.05) is 0 Å². The second kappa shape index (κ2) is 7.82. The van der Waals surface area contributed by atoms with Crippen molar-refractivity contribution in [2.45, 2.75) is 26.3 Å².